The molecule has 65 heavy (non-hydrogen) atoms. The molecule has 6 rings (SSSR count). The Hall–Kier alpha value is -5.38. The lowest BCUT2D eigenvalue weighted by molar-refractivity contribution is -0.146. The van der Waals surface area contributed by atoms with E-state index < -0.39 is 11.9 Å². The molecule has 0 radical (unpaired) electrons. The summed E-state index contributed by atoms with van der Waals surface area (Å²) in [7, 11) is 1.29. The Kier molecular flexibility index (Phi) is 16.4. The summed E-state index contributed by atoms with van der Waals surface area (Å²) in [4.78, 5) is 56.5. The molecule has 0 spiro atoms. The topological polar surface area (TPSA) is 139 Å². The Bertz CT molecular complexity index is 2350. The number of allylic oxidation sites excluding steroid dienone is 12. The number of esters is 2. The maximum atomic E-state index is 14.4. The second kappa shape index (κ2) is 21.7. The number of carbonyl (C=O) groups is 3. The second-order valence-electron chi connectivity index (χ2n) is 19.4. The van der Waals surface area contributed by atoms with Crippen LogP contribution in [0.15, 0.2) is 131 Å². The minimum atomic E-state index is -1.23. The van der Waals surface area contributed by atoms with Gasteiger partial charge in [0.25, 0.3) is 0 Å². The highest BCUT2D eigenvalue weighted by Crippen LogP contribution is 2.47. The van der Waals surface area contributed by atoms with Crippen LogP contribution >= 0.6 is 0 Å². The van der Waals surface area contributed by atoms with Crippen molar-refractivity contribution in [3.63, 3.8) is 0 Å². The predicted molar refractivity (Wildman–Crippen MR) is 262 cm³/mol. The first-order valence-electron chi connectivity index (χ1n) is 24.1. The first-order valence-corrected chi connectivity index (χ1v) is 24.1. The Morgan fingerprint density at radius 2 is 1.60 bits per heavy atom. The number of methoxy groups -OCH3 is 1. The quantitative estimate of drug-likeness (QED) is 0.0537. The van der Waals surface area contributed by atoms with Crippen molar-refractivity contribution in [2.24, 2.45) is 50.5 Å². The molecule has 1 saturated heterocycles. The van der Waals surface area contributed by atoms with Gasteiger partial charge in [-0.2, -0.15) is 0 Å². The van der Waals surface area contributed by atoms with Crippen molar-refractivity contribution in [1.29, 1.82) is 0 Å². The van der Waals surface area contributed by atoms with Gasteiger partial charge in [-0.15, -0.1) is 0 Å². The molecule has 0 amide bonds. The highest BCUT2D eigenvalue weighted by Gasteiger charge is 2.52. The molecule has 2 fully saturated rings. The molecule has 0 aromatic heterocycles. The summed E-state index contributed by atoms with van der Waals surface area (Å²) in [5.41, 5.74) is 10.9. The van der Waals surface area contributed by atoms with Crippen LogP contribution in [0.1, 0.15) is 139 Å². The van der Waals surface area contributed by atoms with Crippen molar-refractivity contribution in [2.75, 3.05) is 13.7 Å². The van der Waals surface area contributed by atoms with Crippen molar-refractivity contribution in [2.45, 2.75) is 139 Å². The SMILES string of the molecule is C=CC1=C(C)C2=NC1=CC1=NC(=C(CC)C1=CO)C=C1N=C3C(=C1C)C(=O)[C@H](C(=O)OC)C3=C1NC(=C2)[C@@H](C)[C@@H]1CCC(=O)OC/C=C(\C)CCC[C@@H](C)CCC[C@H](C)CCCC(C)C. The molecule has 0 unspecified atom stereocenters. The lowest BCUT2D eigenvalue weighted by Gasteiger charge is -2.19. The molecule has 5 aliphatic heterocycles. The molecule has 5 heterocycles. The van der Waals surface area contributed by atoms with Crippen LogP contribution in [0.3, 0.4) is 0 Å². The van der Waals surface area contributed by atoms with E-state index in [2.05, 4.69) is 53.4 Å². The maximum absolute atomic E-state index is 14.4. The second-order valence-corrected chi connectivity index (χ2v) is 19.4. The number of carbonyl (C=O) groups excluding carboxylic acids is 3. The predicted octanol–water partition coefficient (Wildman–Crippen LogP) is 12.1. The lowest BCUT2D eigenvalue weighted by atomic mass is 9.85. The maximum Gasteiger partial charge on any atom is 0.321 e. The van der Waals surface area contributed by atoms with Crippen LogP contribution in [0.5, 0.6) is 0 Å². The van der Waals surface area contributed by atoms with Gasteiger partial charge in [0, 0.05) is 51.9 Å². The van der Waals surface area contributed by atoms with Gasteiger partial charge < -0.3 is 19.9 Å². The summed E-state index contributed by atoms with van der Waals surface area (Å²) < 4.78 is 11.0. The highest BCUT2D eigenvalue weighted by molar-refractivity contribution is 6.42. The van der Waals surface area contributed by atoms with E-state index in [0.29, 0.717) is 81.0 Å². The lowest BCUT2D eigenvalue weighted by Crippen LogP contribution is -2.26. The van der Waals surface area contributed by atoms with Crippen molar-refractivity contribution < 1.29 is 29.0 Å². The fourth-order valence-corrected chi connectivity index (χ4v) is 10.1. The van der Waals surface area contributed by atoms with Crippen molar-refractivity contribution in [3.05, 3.63) is 116 Å². The Morgan fingerprint density at radius 3 is 2.25 bits per heavy atom. The number of nitrogens with one attached hydrogen (secondary N) is 1. The molecular formula is C55H72N4O6. The van der Waals surface area contributed by atoms with Crippen molar-refractivity contribution in [3.8, 4) is 0 Å². The standard InChI is InChI=1S/C55H72N4O6/c1-12-38-35(8)42-27-43-36(9)40(23-24-48(61)65-26-25-34(7)22-16-21-33(6)20-15-19-32(5)18-14-17-31(3)4)52(58-43)50-51(55(63)64-11)54(62)49-37(10)44(59-53(49)50)28-46-39(13-2)41(30-60)47(57-46)29-45(38)56-42/h12,25,27-33,36,40,51,58,60H,1,13-24,26H2,2-11H3/b34-25+,41-30?,43-27?,44-28?,45-29?,52-50?/t32-,33+,36+,40+,51-/m1/s1. The molecule has 2 N–H and O–H groups in total. The zero-order valence-corrected chi connectivity index (χ0v) is 40.7. The number of aliphatic hydroxyl groups is 1. The van der Waals surface area contributed by atoms with E-state index in [-0.39, 0.29) is 36.6 Å². The number of ketones is 1. The molecule has 10 heteroatoms. The smallest absolute Gasteiger partial charge is 0.321 e. The van der Waals surface area contributed by atoms with Gasteiger partial charge in [-0.1, -0.05) is 105 Å². The summed E-state index contributed by atoms with van der Waals surface area (Å²) in [6.45, 7) is 23.7. The molecule has 0 aromatic carbocycles. The average Bonchev–Trinajstić information content (AvgIpc) is 4.02. The van der Waals surface area contributed by atoms with Crippen LogP contribution in [-0.4, -0.2) is 53.7 Å². The number of rotatable bonds is 20. The number of fused-ring (bicyclic) bond motifs is 5. The summed E-state index contributed by atoms with van der Waals surface area (Å²) in [6.07, 6.45) is 22.9. The normalized spacial score (nSPS) is 23.2. The molecular weight excluding hydrogens is 813 g/mol. The van der Waals surface area contributed by atoms with Crippen LogP contribution < -0.4 is 5.32 Å². The van der Waals surface area contributed by atoms with E-state index >= 15 is 0 Å². The van der Waals surface area contributed by atoms with Crippen LogP contribution in [0, 0.1) is 35.5 Å². The van der Waals surface area contributed by atoms with E-state index in [1.54, 1.807) is 6.08 Å². The first-order chi connectivity index (χ1) is 31.1. The molecule has 10 nitrogen and oxygen atoms in total. The van der Waals surface area contributed by atoms with Crippen LogP contribution in [0.25, 0.3) is 0 Å². The molecule has 1 saturated carbocycles. The third-order valence-electron chi connectivity index (χ3n) is 14.2. The number of hydrogen-bond donors (Lipinski definition) is 2. The van der Waals surface area contributed by atoms with E-state index in [4.69, 9.17) is 24.5 Å². The number of nitrogens with zero attached hydrogens (tertiary/aromatic N) is 3. The summed E-state index contributed by atoms with van der Waals surface area (Å²) >= 11 is 0. The first kappa shape index (κ1) is 49.1. The Labute approximate surface area is 387 Å². The number of Topliss-reactive ketones (excluding diaryl/α,β-unsaturated/α-hetero) is 1. The molecule has 348 valence electrons. The molecule has 8 bridgehead atoms. The van der Waals surface area contributed by atoms with E-state index in [1.165, 1.54) is 57.6 Å². The summed E-state index contributed by atoms with van der Waals surface area (Å²) in [6, 6.07) is 0. The Balaban J connectivity index is 1.21. The van der Waals surface area contributed by atoms with E-state index in [9.17, 15) is 19.5 Å². The molecule has 0 aromatic rings. The van der Waals surface area contributed by atoms with Gasteiger partial charge in [0.1, 0.15) is 12.5 Å². The van der Waals surface area contributed by atoms with Gasteiger partial charge in [0.2, 0.25) is 0 Å². The van der Waals surface area contributed by atoms with Gasteiger partial charge in [0.15, 0.2) is 5.78 Å². The monoisotopic (exact) mass is 885 g/mol. The van der Waals surface area contributed by atoms with Gasteiger partial charge in [-0.05, 0) is 105 Å². The molecule has 6 aliphatic rings. The van der Waals surface area contributed by atoms with Crippen LogP contribution in [-0.2, 0) is 23.9 Å². The fraction of sp³-hybridized carbons (Fsp3) is 0.527. The van der Waals surface area contributed by atoms with Crippen LogP contribution in [0.4, 0.5) is 0 Å². The largest absolute Gasteiger partial charge is 0.515 e. The number of aliphatic hydroxyl groups excluding tert-OH is 1. The van der Waals surface area contributed by atoms with Gasteiger partial charge in [-0.3, -0.25) is 14.4 Å². The van der Waals surface area contributed by atoms with Crippen molar-refractivity contribution in [1.82, 2.24) is 5.32 Å². The summed E-state index contributed by atoms with van der Waals surface area (Å²) in [5, 5.41) is 14.1. The number of aliphatic imine (C=N–C) groups is 3. The highest BCUT2D eigenvalue weighted by atomic mass is 16.5. The molecule has 1 aliphatic carbocycles. The minimum absolute atomic E-state index is 0.139. The van der Waals surface area contributed by atoms with Crippen LogP contribution in [0.2, 0.25) is 0 Å². The van der Waals surface area contributed by atoms with Crippen molar-refractivity contribution >= 4 is 34.9 Å². The molecule has 5 atom stereocenters. The van der Waals surface area contributed by atoms with E-state index in [0.717, 1.165) is 53.4 Å². The van der Waals surface area contributed by atoms with E-state index in [1.807, 2.05) is 45.1 Å². The van der Waals surface area contributed by atoms with Gasteiger partial charge in [0.05, 0.1) is 47.6 Å². The van der Waals surface area contributed by atoms with Gasteiger partial charge in [-0.25, -0.2) is 15.0 Å². The third kappa shape index (κ3) is 10.8. The zero-order chi connectivity index (χ0) is 47.1. The zero-order valence-electron chi connectivity index (χ0n) is 40.7. The third-order valence-corrected chi connectivity index (χ3v) is 14.2. The number of hydrogen-bond acceptors (Lipinski definition) is 10. The Morgan fingerprint density at radius 1 is 0.908 bits per heavy atom. The van der Waals surface area contributed by atoms with Gasteiger partial charge >= 0.3 is 11.9 Å². The fourth-order valence-electron chi connectivity index (χ4n) is 10.1. The number of ether oxygens (including phenoxy) is 2. The average molecular weight is 885 g/mol. The minimum Gasteiger partial charge on any atom is -0.515 e. The summed E-state index contributed by atoms with van der Waals surface area (Å²) in [5.74, 6) is -0.732.